The number of amides is 1. The van der Waals surface area contributed by atoms with Crippen LogP contribution in [0.1, 0.15) is 20.3 Å². The summed E-state index contributed by atoms with van der Waals surface area (Å²) in [4.78, 5) is 10.7. The van der Waals surface area contributed by atoms with Gasteiger partial charge in [0, 0.05) is 32.1 Å². The molecular formula is C13H20FN3O2. The summed E-state index contributed by atoms with van der Waals surface area (Å²) >= 11 is 0. The van der Waals surface area contributed by atoms with Crippen molar-refractivity contribution in [1.82, 2.24) is 5.32 Å². The molecule has 1 aromatic rings. The number of benzene rings is 1. The minimum absolute atomic E-state index is 0.0964. The van der Waals surface area contributed by atoms with E-state index in [9.17, 15) is 9.18 Å². The molecule has 0 aliphatic carbocycles. The fourth-order valence-corrected chi connectivity index (χ4v) is 1.48. The van der Waals surface area contributed by atoms with Crippen molar-refractivity contribution < 1.29 is 13.9 Å². The van der Waals surface area contributed by atoms with Crippen LogP contribution in [0.5, 0.6) is 5.75 Å². The number of halogens is 1. The Morgan fingerprint density at radius 1 is 1.42 bits per heavy atom. The van der Waals surface area contributed by atoms with Gasteiger partial charge in [-0.15, -0.1) is 0 Å². The molecule has 6 heteroatoms. The predicted molar refractivity (Wildman–Crippen MR) is 73.8 cm³/mol. The molecule has 0 saturated carbocycles. The largest absolute Gasteiger partial charge is 0.490 e. The number of carbonyl (C=O) groups is 1. The Morgan fingerprint density at radius 3 is 2.79 bits per heavy atom. The monoisotopic (exact) mass is 269 g/mol. The van der Waals surface area contributed by atoms with Crippen molar-refractivity contribution in [3.8, 4) is 5.75 Å². The van der Waals surface area contributed by atoms with E-state index in [1.54, 1.807) is 0 Å². The summed E-state index contributed by atoms with van der Waals surface area (Å²) in [5.41, 5.74) is 6.62. The van der Waals surface area contributed by atoms with Crippen molar-refractivity contribution in [3.05, 3.63) is 17.9 Å². The highest BCUT2D eigenvalue weighted by Crippen LogP contribution is 2.28. The van der Waals surface area contributed by atoms with Gasteiger partial charge in [0.05, 0.1) is 18.0 Å². The molecule has 0 heterocycles. The van der Waals surface area contributed by atoms with Crippen LogP contribution in [0.4, 0.5) is 15.8 Å². The third-order valence-electron chi connectivity index (χ3n) is 2.38. The molecule has 1 amide bonds. The molecule has 0 saturated heterocycles. The number of nitrogen functional groups attached to an aromatic ring is 1. The third-order valence-corrected chi connectivity index (χ3v) is 2.38. The lowest BCUT2D eigenvalue weighted by molar-refractivity contribution is -0.118. The Bertz CT molecular complexity index is 438. The molecule has 0 aliphatic rings. The van der Waals surface area contributed by atoms with Crippen LogP contribution in [0.25, 0.3) is 0 Å². The second-order valence-electron chi connectivity index (χ2n) is 4.13. The van der Waals surface area contributed by atoms with E-state index in [4.69, 9.17) is 10.5 Å². The van der Waals surface area contributed by atoms with E-state index in [2.05, 4.69) is 10.6 Å². The van der Waals surface area contributed by atoms with Crippen LogP contribution in [-0.4, -0.2) is 25.6 Å². The van der Waals surface area contributed by atoms with Crippen molar-refractivity contribution in [1.29, 1.82) is 0 Å². The van der Waals surface area contributed by atoms with Gasteiger partial charge in [-0.1, -0.05) is 6.92 Å². The van der Waals surface area contributed by atoms with E-state index >= 15 is 0 Å². The number of carbonyl (C=O) groups excluding carboxylic acids is 1. The standard InChI is InChI=1S/C13H20FN3O2/c1-3-6-19-13-8-12(11(15)7-10(13)14)17-5-4-16-9(2)18/h7-8,17H,3-6,15H2,1-2H3,(H,16,18). The molecule has 0 aromatic heterocycles. The lowest BCUT2D eigenvalue weighted by atomic mass is 10.2. The molecule has 5 nitrogen and oxygen atoms in total. The van der Waals surface area contributed by atoms with Gasteiger partial charge in [0.2, 0.25) is 5.91 Å². The zero-order chi connectivity index (χ0) is 14.3. The number of hydrogen-bond acceptors (Lipinski definition) is 4. The second kappa shape index (κ2) is 7.45. The number of rotatable bonds is 7. The van der Waals surface area contributed by atoms with Crippen LogP contribution in [0, 0.1) is 5.82 Å². The van der Waals surface area contributed by atoms with Crippen molar-refractivity contribution in [2.75, 3.05) is 30.7 Å². The lowest BCUT2D eigenvalue weighted by Crippen LogP contribution is -2.26. The maximum absolute atomic E-state index is 13.6. The van der Waals surface area contributed by atoms with Crippen molar-refractivity contribution in [2.24, 2.45) is 0 Å². The van der Waals surface area contributed by atoms with Crippen molar-refractivity contribution in [2.45, 2.75) is 20.3 Å². The maximum Gasteiger partial charge on any atom is 0.216 e. The van der Waals surface area contributed by atoms with Gasteiger partial charge in [0.1, 0.15) is 0 Å². The summed E-state index contributed by atoms with van der Waals surface area (Å²) < 4.78 is 18.8. The first kappa shape index (κ1) is 15.1. The molecule has 1 rings (SSSR count). The number of anilines is 2. The maximum atomic E-state index is 13.6. The number of nitrogens with one attached hydrogen (secondary N) is 2. The van der Waals surface area contributed by atoms with E-state index in [-0.39, 0.29) is 11.7 Å². The van der Waals surface area contributed by atoms with Crippen LogP contribution in [0.15, 0.2) is 12.1 Å². The van der Waals surface area contributed by atoms with Gasteiger partial charge >= 0.3 is 0 Å². The first-order valence-electron chi connectivity index (χ1n) is 6.24. The van der Waals surface area contributed by atoms with Gasteiger partial charge < -0.3 is 21.1 Å². The predicted octanol–water partition coefficient (Wildman–Crippen LogP) is 1.74. The van der Waals surface area contributed by atoms with Gasteiger partial charge in [0.25, 0.3) is 0 Å². The van der Waals surface area contributed by atoms with Gasteiger partial charge in [-0.2, -0.15) is 0 Å². The first-order chi connectivity index (χ1) is 9.04. The molecule has 4 N–H and O–H groups in total. The zero-order valence-electron chi connectivity index (χ0n) is 11.3. The third kappa shape index (κ3) is 5.03. The first-order valence-corrected chi connectivity index (χ1v) is 6.24. The van der Waals surface area contributed by atoms with Crippen LogP contribution < -0.4 is 21.1 Å². The molecular weight excluding hydrogens is 249 g/mol. The summed E-state index contributed by atoms with van der Waals surface area (Å²) in [7, 11) is 0. The van der Waals surface area contributed by atoms with E-state index in [0.717, 1.165) is 6.42 Å². The Hall–Kier alpha value is -1.98. The van der Waals surface area contributed by atoms with Gasteiger partial charge in [-0.05, 0) is 6.42 Å². The summed E-state index contributed by atoms with van der Waals surface area (Å²) in [6, 6.07) is 2.76. The van der Waals surface area contributed by atoms with E-state index < -0.39 is 5.82 Å². The minimum atomic E-state index is -0.474. The molecule has 0 bridgehead atoms. The highest BCUT2D eigenvalue weighted by Gasteiger charge is 2.08. The van der Waals surface area contributed by atoms with Crippen LogP contribution in [0.2, 0.25) is 0 Å². The van der Waals surface area contributed by atoms with E-state index in [1.165, 1.54) is 19.1 Å². The molecule has 0 aliphatic heterocycles. The molecule has 0 fully saturated rings. The summed E-state index contributed by atoms with van der Waals surface area (Å²) in [5.74, 6) is -0.391. The SMILES string of the molecule is CCCOc1cc(NCCNC(C)=O)c(N)cc1F. The lowest BCUT2D eigenvalue weighted by Gasteiger charge is -2.13. The Kier molecular flexibility index (Phi) is 5.92. The highest BCUT2D eigenvalue weighted by atomic mass is 19.1. The normalized spacial score (nSPS) is 10.1. The van der Waals surface area contributed by atoms with Crippen LogP contribution in [0.3, 0.4) is 0 Å². The van der Waals surface area contributed by atoms with Gasteiger partial charge in [0.15, 0.2) is 11.6 Å². The second-order valence-corrected chi connectivity index (χ2v) is 4.13. The number of nitrogens with two attached hydrogens (primary N) is 1. The fourth-order valence-electron chi connectivity index (χ4n) is 1.48. The average Bonchev–Trinajstić information content (AvgIpc) is 2.35. The van der Waals surface area contributed by atoms with E-state index in [0.29, 0.717) is 31.1 Å². The van der Waals surface area contributed by atoms with Crippen molar-refractivity contribution in [3.63, 3.8) is 0 Å². The van der Waals surface area contributed by atoms with Crippen molar-refractivity contribution >= 4 is 17.3 Å². The van der Waals surface area contributed by atoms with E-state index in [1.807, 2.05) is 6.92 Å². The molecule has 0 atom stereocenters. The zero-order valence-corrected chi connectivity index (χ0v) is 11.3. The molecule has 19 heavy (non-hydrogen) atoms. The Labute approximate surface area is 112 Å². The Morgan fingerprint density at radius 2 is 2.16 bits per heavy atom. The van der Waals surface area contributed by atoms with Gasteiger partial charge in [-0.3, -0.25) is 4.79 Å². The summed E-state index contributed by atoms with van der Waals surface area (Å²) in [5, 5.41) is 5.67. The average molecular weight is 269 g/mol. The molecule has 1 aromatic carbocycles. The highest BCUT2D eigenvalue weighted by molar-refractivity contribution is 5.73. The number of hydrogen-bond donors (Lipinski definition) is 3. The smallest absolute Gasteiger partial charge is 0.216 e. The topological polar surface area (TPSA) is 76.4 Å². The van der Waals surface area contributed by atoms with Crippen LogP contribution >= 0.6 is 0 Å². The summed E-state index contributed by atoms with van der Waals surface area (Å²) in [6.45, 7) is 4.82. The molecule has 0 unspecified atom stereocenters. The molecule has 0 radical (unpaired) electrons. The fraction of sp³-hybridized carbons (Fsp3) is 0.462. The number of ether oxygens (including phenoxy) is 1. The quantitative estimate of drug-likeness (QED) is 0.520. The molecule has 106 valence electrons. The molecule has 0 spiro atoms. The minimum Gasteiger partial charge on any atom is -0.490 e. The Balaban J connectivity index is 2.63. The summed E-state index contributed by atoms with van der Waals surface area (Å²) in [6.07, 6.45) is 0.801. The van der Waals surface area contributed by atoms with Gasteiger partial charge in [-0.25, -0.2) is 4.39 Å². The van der Waals surface area contributed by atoms with Crippen LogP contribution in [-0.2, 0) is 4.79 Å².